The number of carbonyl (C=O) groups excluding carboxylic acids is 2. The summed E-state index contributed by atoms with van der Waals surface area (Å²) in [5.41, 5.74) is 0. The first kappa shape index (κ1) is 10.0. The van der Waals surface area contributed by atoms with Crippen LogP contribution in [-0.2, 0) is 9.59 Å². The van der Waals surface area contributed by atoms with Crippen molar-refractivity contribution in [1.82, 2.24) is 10.2 Å². The third-order valence-electron chi connectivity index (χ3n) is 1.49. The highest BCUT2D eigenvalue weighted by Crippen LogP contribution is 1.97. The first-order chi connectivity index (χ1) is 6.13. The maximum atomic E-state index is 11.1. The van der Waals surface area contributed by atoms with Crippen LogP contribution in [0.4, 0.5) is 0 Å². The Morgan fingerprint density at radius 2 is 2.46 bits per heavy atom. The second-order valence-corrected chi connectivity index (χ2v) is 3.53. The first-order valence-electron chi connectivity index (χ1n) is 3.75. The Balaban J connectivity index is 2.60. The van der Waals surface area contributed by atoms with Gasteiger partial charge < -0.3 is 4.90 Å². The van der Waals surface area contributed by atoms with Crippen molar-refractivity contribution in [3.63, 3.8) is 0 Å². The number of carbonyl (C=O) groups is 2. The van der Waals surface area contributed by atoms with E-state index in [4.69, 9.17) is 0 Å². The number of rotatable bonds is 2. The highest BCUT2D eigenvalue weighted by molar-refractivity contribution is 7.99. The number of hydrogen-bond acceptors (Lipinski definition) is 3. The van der Waals surface area contributed by atoms with Crippen LogP contribution in [0.5, 0.6) is 0 Å². The summed E-state index contributed by atoms with van der Waals surface area (Å²) in [6.45, 7) is 0.269. The molecule has 1 fully saturated rings. The van der Waals surface area contributed by atoms with E-state index < -0.39 is 0 Å². The van der Waals surface area contributed by atoms with Crippen molar-refractivity contribution in [2.24, 2.45) is 4.99 Å². The van der Waals surface area contributed by atoms with Gasteiger partial charge in [0.1, 0.15) is 0 Å². The van der Waals surface area contributed by atoms with Crippen molar-refractivity contribution < 1.29 is 9.59 Å². The zero-order chi connectivity index (χ0) is 9.84. The molecule has 0 aromatic heterocycles. The minimum Gasteiger partial charge on any atom is -0.336 e. The molecule has 0 aromatic carbocycles. The number of likely N-dealkylation sites (N-methyl/N-ethyl adjacent to an activating group) is 1. The van der Waals surface area contributed by atoms with Crippen LogP contribution in [0.1, 0.15) is 0 Å². The highest BCUT2D eigenvalue weighted by Gasteiger charge is 2.21. The summed E-state index contributed by atoms with van der Waals surface area (Å²) in [4.78, 5) is 27.3. The lowest BCUT2D eigenvalue weighted by Crippen LogP contribution is -2.28. The predicted octanol–water partition coefficient (Wildman–Crippen LogP) is -0.706. The number of nitrogens with zero attached hydrogens (tertiary/aromatic N) is 2. The molecule has 1 N–H and O–H groups in total. The molecule has 0 aliphatic carbocycles. The third kappa shape index (κ3) is 2.73. The van der Waals surface area contributed by atoms with E-state index in [-0.39, 0.29) is 18.4 Å². The van der Waals surface area contributed by atoms with E-state index in [2.05, 4.69) is 10.3 Å². The highest BCUT2D eigenvalue weighted by atomic mass is 32.2. The first-order valence-corrected chi connectivity index (χ1v) is 5.14. The number of thioether (sulfide) groups is 1. The Morgan fingerprint density at radius 1 is 1.77 bits per heavy atom. The molecule has 0 aromatic rings. The third-order valence-corrected chi connectivity index (χ3v) is 2.03. The van der Waals surface area contributed by atoms with Gasteiger partial charge in [-0.05, 0) is 6.26 Å². The maximum Gasteiger partial charge on any atom is 0.258 e. The lowest BCUT2D eigenvalue weighted by atomic mass is 10.6. The Morgan fingerprint density at radius 3 is 2.92 bits per heavy atom. The second-order valence-electron chi connectivity index (χ2n) is 2.67. The van der Waals surface area contributed by atoms with Crippen molar-refractivity contribution in [3.8, 4) is 0 Å². The predicted molar refractivity (Wildman–Crippen MR) is 51.6 cm³/mol. The van der Waals surface area contributed by atoms with Gasteiger partial charge in [0.05, 0.1) is 12.3 Å². The fourth-order valence-electron chi connectivity index (χ4n) is 0.937. The molecular weight excluding hydrogens is 190 g/mol. The molecule has 0 saturated carbocycles. The number of nitrogens with one attached hydrogen (secondary N) is 1. The van der Waals surface area contributed by atoms with E-state index >= 15 is 0 Å². The summed E-state index contributed by atoms with van der Waals surface area (Å²) in [5.74, 6) is 0.339. The van der Waals surface area contributed by atoms with Gasteiger partial charge in [0.25, 0.3) is 5.91 Å². The second kappa shape index (κ2) is 4.27. The summed E-state index contributed by atoms with van der Waals surface area (Å²) in [6.07, 6.45) is 1.83. The lowest BCUT2D eigenvalue weighted by molar-refractivity contribution is -0.118. The van der Waals surface area contributed by atoms with Crippen LogP contribution in [0.2, 0.25) is 0 Å². The molecule has 1 rings (SSSR count). The molecule has 0 unspecified atom stereocenters. The number of guanidine groups is 1. The van der Waals surface area contributed by atoms with Crippen LogP contribution in [0.25, 0.3) is 0 Å². The molecule has 2 amide bonds. The average molecular weight is 201 g/mol. The normalized spacial score (nSPS) is 19.4. The molecule has 1 heterocycles. The lowest BCUT2D eigenvalue weighted by Gasteiger charge is -2.06. The minimum absolute atomic E-state index is 0.127. The summed E-state index contributed by atoms with van der Waals surface area (Å²) in [6, 6.07) is 0. The average Bonchev–Trinajstić information content (AvgIpc) is 2.30. The molecule has 72 valence electrons. The molecule has 13 heavy (non-hydrogen) atoms. The van der Waals surface area contributed by atoms with Crippen molar-refractivity contribution >= 4 is 29.5 Å². The van der Waals surface area contributed by atoms with Crippen LogP contribution >= 0.6 is 11.8 Å². The van der Waals surface area contributed by atoms with Gasteiger partial charge in [-0.15, -0.1) is 0 Å². The largest absolute Gasteiger partial charge is 0.336 e. The van der Waals surface area contributed by atoms with Gasteiger partial charge in [-0.1, -0.05) is 0 Å². The van der Waals surface area contributed by atoms with Crippen LogP contribution < -0.4 is 5.32 Å². The van der Waals surface area contributed by atoms with E-state index in [9.17, 15) is 9.59 Å². The topological polar surface area (TPSA) is 61.8 Å². The summed E-state index contributed by atoms with van der Waals surface area (Å²) in [7, 11) is 1.71. The van der Waals surface area contributed by atoms with E-state index in [1.807, 2.05) is 6.26 Å². The maximum absolute atomic E-state index is 11.1. The van der Waals surface area contributed by atoms with Crippen LogP contribution in [0.15, 0.2) is 4.99 Å². The van der Waals surface area contributed by atoms with Crippen LogP contribution in [0, 0.1) is 0 Å². The van der Waals surface area contributed by atoms with Crippen molar-refractivity contribution in [1.29, 1.82) is 0 Å². The zero-order valence-corrected chi connectivity index (χ0v) is 8.35. The number of amides is 2. The van der Waals surface area contributed by atoms with E-state index in [0.29, 0.717) is 11.7 Å². The van der Waals surface area contributed by atoms with Crippen LogP contribution in [-0.4, -0.2) is 48.3 Å². The van der Waals surface area contributed by atoms with E-state index in [1.165, 1.54) is 11.8 Å². The standard InChI is InChI=1S/C7H11N3O2S/c1-10-3-5(11)8-7(10)9-6(12)4-13-2/h3-4H2,1-2H3,(H,8,9,11,12). The Kier molecular flexibility index (Phi) is 3.30. The molecule has 1 saturated heterocycles. The van der Waals surface area contributed by atoms with Gasteiger partial charge in [0.2, 0.25) is 11.9 Å². The summed E-state index contributed by atoms with van der Waals surface area (Å²) in [5, 5.41) is 2.50. The SMILES string of the molecule is CSCC(=O)N=C1NC(=O)CN1C. The van der Waals surface area contributed by atoms with E-state index in [1.54, 1.807) is 11.9 Å². The van der Waals surface area contributed by atoms with Gasteiger partial charge in [-0.25, -0.2) is 0 Å². The smallest absolute Gasteiger partial charge is 0.258 e. The Labute approximate surface area is 80.6 Å². The Hall–Kier alpha value is -1.04. The zero-order valence-electron chi connectivity index (χ0n) is 7.53. The van der Waals surface area contributed by atoms with Crippen molar-refractivity contribution in [3.05, 3.63) is 0 Å². The number of hydrogen-bond donors (Lipinski definition) is 1. The van der Waals surface area contributed by atoms with Crippen molar-refractivity contribution in [2.45, 2.75) is 0 Å². The van der Waals surface area contributed by atoms with E-state index in [0.717, 1.165) is 0 Å². The molecule has 0 radical (unpaired) electrons. The molecule has 0 spiro atoms. The van der Waals surface area contributed by atoms with Crippen molar-refractivity contribution in [2.75, 3.05) is 25.6 Å². The molecule has 0 atom stereocenters. The van der Waals surface area contributed by atoms with Gasteiger partial charge in [-0.3, -0.25) is 14.9 Å². The Bertz CT molecular complexity index is 264. The molecule has 0 bridgehead atoms. The fraction of sp³-hybridized carbons (Fsp3) is 0.571. The molecule has 5 nitrogen and oxygen atoms in total. The molecular formula is C7H11N3O2S. The van der Waals surface area contributed by atoms with Crippen LogP contribution in [0.3, 0.4) is 0 Å². The minimum atomic E-state index is -0.225. The summed E-state index contributed by atoms with van der Waals surface area (Å²) < 4.78 is 0. The summed E-state index contributed by atoms with van der Waals surface area (Å²) >= 11 is 1.41. The van der Waals surface area contributed by atoms with Gasteiger partial charge >= 0.3 is 0 Å². The molecule has 1 aliphatic rings. The monoisotopic (exact) mass is 201 g/mol. The quantitative estimate of drug-likeness (QED) is 0.641. The molecule has 6 heteroatoms. The van der Waals surface area contributed by atoms with Gasteiger partial charge in [0, 0.05) is 7.05 Å². The fourth-order valence-corrected chi connectivity index (χ4v) is 1.25. The van der Waals surface area contributed by atoms with Gasteiger partial charge in [0.15, 0.2) is 0 Å². The van der Waals surface area contributed by atoms with Gasteiger partial charge in [-0.2, -0.15) is 16.8 Å². The number of aliphatic imine (C=N–C) groups is 1. The molecule has 1 aliphatic heterocycles.